The number of rotatable bonds is 3. The Morgan fingerprint density at radius 2 is 1.44 bits per heavy atom. The van der Waals surface area contributed by atoms with E-state index < -0.39 is 11.6 Å². The van der Waals surface area contributed by atoms with Crippen molar-refractivity contribution in [2.45, 2.75) is 0 Å². The zero-order valence-electron chi connectivity index (χ0n) is 16.5. The maximum Gasteiger partial charge on any atom is 0.136 e. The summed E-state index contributed by atoms with van der Waals surface area (Å²) in [6.07, 6.45) is 0. The number of halogens is 2. The second kappa shape index (κ2) is 7.58. The van der Waals surface area contributed by atoms with E-state index in [4.69, 9.17) is 4.98 Å². The lowest BCUT2D eigenvalue weighted by atomic mass is 10.0. The summed E-state index contributed by atoms with van der Waals surface area (Å²) in [7, 11) is 0. The quantitative estimate of drug-likeness (QED) is 0.268. The molecule has 6 heteroatoms. The Morgan fingerprint density at radius 3 is 2.28 bits per heavy atom. The van der Waals surface area contributed by atoms with Crippen molar-refractivity contribution in [3.63, 3.8) is 0 Å². The third-order valence-corrected chi connectivity index (χ3v) is 7.51. The molecule has 0 fully saturated rings. The van der Waals surface area contributed by atoms with E-state index in [2.05, 4.69) is 29.2 Å². The summed E-state index contributed by atoms with van der Waals surface area (Å²) in [6.45, 7) is 0. The molecule has 4 aromatic carbocycles. The smallest absolute Gasteiger partial charge is 0.136 e. The molecule has 0 saturated heterocycles. The lowest BCUT2D eigenvalue weighted by molar-refractivity contribution is 0.585. The van der Waals surface area contributed by atoms with Crippen LogP contribution in [0.1, 0.15) is 0 Å². The van der Waals surface area contributed by atoms with Crippen LogP contribution in [0, 0.1) is 11.6 Å². The molecular formula is C26H14F2N2S2. The summed E-state index contributed by atoms with van der Waals surface area (Å²) in [4.78, 5) is 9.59. The summed E-state index contributed by atoms with van der Waals surface area (Å²) >= 11 is 3.07. The normalized spacial score (nSPS) is 11.4. The Hall–Kier alpha value is -3.48. The largest absolute Gasteiger partial charge is 0.236 e. The molecule has 2 nitrogen and oxygen atoms in total. The van der Waals surface area contributed by atoms with E-state index in [1.54, 1.807) is 11.3 Å². The van der Waals surface area contributed by atoms with E-state index in [0.29, 0.717) is 10.6 Å². The van der Waals surface area contributed by atoms with Gasteiger partial charge in [0.1, 0.15) is 21.6 Å². The number of benzene rings is 4. The molecule has 154 valence electrons. The minimum Gasteiger partial charge on any atom is -0.236 e. The van der Waals surface area contributed by atoms with Crippen LogP contribution < -0.4 is 0 Å². The van der Waals surface area contributed by atoms with Crippen molar-refractivity contribution in [1.82, 2.24) is 9.97 Å². The Kier molecular flexibility index (Phi) is 4.56. The maximum atomic E-state index is 14.4. The summed E-state index contributed by atoms with van der Waals surface area (Å²) in [5.74, 6) is -1.21. The van der Waals surface area contributed by atoms with E-state index in [1.165, 1.54) is 23.5 Å². The predicted molar refractivity (Wildman–Crippen MR) is 129 cm³/mol. The van der Waals surface area contributed by atoms with Gasteiger partial charge in [-0.15, -0.1) is 22.7 Å². The van der Waals surface area contributed by atoms with Crippen LogP contribution in [-0.4, -0.2) is 9.97 Å². The highest BCUT2D eigenvalue weighted by molar-refractivity contribution is 7.22. The first-order valence-corrected chi connectivity index (χ1v) is 11.6. The van der Waals surface area contributed by atoms with Crippen molar-refractivity contribution < 1.29 is 8.78 Å². The van der Waals surface area contributed by atoms with Gasteiger partial charge in [0.25, 0.3) is 0 Å². The number of nitrogens with zero attached hydrogens (tertiary/aromatic N) is 2. The molecule has 2 heterocycles. The van der Waals surface area contributed by atoms with E-state index in [0.717, 1.165) is 48.2 Å². The Bertz CT molecular complexity index is 1600. The van der Waals surface area contributed by atoms with E-state index in [9.17, 15) is 8.78 Å². The molecule has 0 aliphatic carbocycles. The molecule has 0 N–H and O–H groups in total. The minimum atomic E-state index is -0.611. The first kappa shape index (κ1) is 19.2. The van der Waals surface area contributed by atoms with Gasteiger partial charge in [0.15, 0.2) is 0 Å². The van der Waals surface area contributed by atoms with Crippen molar-refractivity contribution in [1.29, 1.82) is 0 Å². The van der Waals surface area contributed by atoms with Crippen molar-refractivity contribution in [2.75, 3.05) is 0 Å². The first-order valence-electron chi connectivity index (χ1n) is 9.98. The summed E-state index contributed by atoms with van der Waals surface area (Å²) in [5, 5.41) is 1.50. The highest BCUT2D eigenvalue weighted by atomic mass is 32.1. The lowest BCUT2D eigenvalue weighted by Crippen LogP contribution is -1.85. The molecule has 32 heavy (non-hydrogen) atoms. The number of aromatic nitrogens is 2. The topological polar surface area (TPSA) is 25.8 Å². The number of para-hydroxylation sites is 1. The van der Waals surface area contributed by atoms with Gasteiger partial charge in [0.2, 0.25) is 0 Å². The number of fused-ring (bicyclic) bond motifs is 2. The second-order valence-electron chi connectivity index (χ2n) is 7.33. The van der Waals surface area contributed by atoms with Crippen LogP contribution in [0.4, 0.5) is 8.78 Å². The van der Waals surface area contributed by atoms with Gasteiger partial charge in [-0.2, -0.15) is 0 Å². The molecule has 0 bridgehead atoms. The van der Waals surface area contributed by atoms with Gasteiger partial charge < -0.3 is 0 Å². The van der Waals surface area contributed by atoms with Crippen LogP contribution in [0.5, 0.6) is 0 Å². The highest BCUT2D eigenvalue weighted by Crippen LogP contribution is 2.41. The molecule has 2 aromatic heterocycles. The van der Waals surface area contributed by atoms with Crippen LogP contribution in [-0.2, 0) is 0 Å². The van der Waals surface area contributed by atoms with Gasteiger partial charge in [-0.3, -0.25) is 0 Å². The third kappa shape index (κ3) is 3.20. The van der Waals surface area contributed by atoms with Gasteiger partial charge in [-0.25, -0.2) is 18.7 Å². The van der Waals surface area contributed by atoms with Gasteiger partial charge in [0, 0.05) is 28.3 Å². The molecule has 6 aromatic rings. The average molecular weight is 457 g/mol. The molecule has 0 aliphatic rings. The predicted octanol–water partition coefficient (Wildman–Crippen LogP) is 8.19. The molecule has 0 spiro atoms. The Balaban J connectivity index is 1.54. The second-order valence-corrected chi connectivity index (χ2v) is 9.36. The van der Waals surface area contributed by atoms with Crippen molar-refractivity contribution in [2.24, 2.45) is 0 Å². The molecular weight excluding hydrogens is 442 g/mol. The summed E-state index contributed by atoms with van der Waals surface area (Å²) < 4.78 is 29.8. The van der Waals surface area contributed by atoms with Crippen molar-refractivity contribution in [3.05, 3.63) is 96.6 Å². The van der Waals surface area contributed by atoms with Crippen LogP contribution in [0.2, 0.25) is 0 Å². The summed E-state index contributed by atoms with van der Waals surface area (Å²) in [5.41, 5.74) is 5.13. The zero-order valence-corrected chi connectivity index (χ0v) is 18.2. The zero-order chi connectivity index (χ0) is 21.7. The van der Waals surface area contributed by atoms with Crippen molar-refractivity contribution in [3.8, 4) is 32.3 Å². The monoisotopic (exact) mass is 456 g/mol. The molecule has 0 aliphatic heterocycles. The number of thiazole rings is 2. The van der Waals surface area contributed by atoms with Gasteiger partial charge in [0.05, 0.1) is 20.4 Å². The number of hydrogen-bond acceptors (Lipinski definition) is 4. The molecule has 6 rings (SSSR count). The summed E-state index contributed by atoms with van der Waals surface area (Å²) in [6, 6.07) is 25.8. The molecule has 0 amide bonds. The fourth-order valence-corrected chi connectivity index (χ4v) is 5.93. The van der Waals surface area contributed by atoms with Gasteiger partial charge >= 0.3 is 0 Å². The average Bonchev–Trinajstić information content (AvgIpc) is 3.44. The Labute approximate surface area is 190 Å². The SMILES string of the molecule is Fc1ccc(-c2nc3cccc(-c4cccc5sc(-c6ccccc6)nc45)c3s2)c(F)c1. The molecule has 0 atom stereocenters. The standard InChI is InChI=1S/C26H14F2N2S2/c27-16-12-13-19(20(28)14-16)26-29-21-10-4-9-18(24(21)32-26)17-8-5-11-22-23(17)30-25(31-22)15-6-2-1-3-7-15/h1-14H. The highest BCUT2D eigenvalue weighted by Gasteiger charge is 2.17. The van der Waals surface area contributed by atoms with Crippen molar-refractivity contribution >= 4 is 43.1 Å². The van der Waals surface area contributed by atoms with Crippen LogP contribution in [0.15, 0.2) is 84.9 Å². The van der Waals surface area contributed by atoms with Crippen LogP contribution >= 0.6 is 22.7 Å². The van der Waals surface area contributed by atoms with Gasteiger partial charge in [-0.05, 0) is 24.3 Å². The minimum absolute atomic E-state index is 0.303. The van der Waals surface area contributed by atoms with Crippen LogP contribution in [0.25, 0.3) is 52.7 Å². The Morgan fingerprint density at radius 1 is 0.625 bits per heavy atom. The number of hydrogen-bond donors (Lipinski definition) is 0. The van der Waals surface area contributed by atoms with Crippen LogP contribution in [0.3, 0.4) is 0 Å². The lowest BCUT2D eigenvalue weighted by Gasteiger charge is -2.04. The fraction of sp³-hybridized carbons (Fsp3) is 0. The maximum absolute atomic E-state index is 14.4. The molecule has 0 radical (unpaired) electrons. The van der Waals surface area contributed by atoms with Gasteiger partial charge in [-0.1, -0.05) is 54.6 Å². The van der Waals surface area contributed by atoms with E-state index in [1.807, 2.05) is 42.5 Å². The molecule has 0 saturated carbocycles. The van der Waals surface area contributed by atoms with E-state index >= 15 is 0 Å². The third-order valence-electron chi connectivity index (χ3n) is 5.31. The fourth-order valence-electron chi connectivity index (χ4n) is 3.81. The van der Waals surface area contributed by atoms with E-state index in [-0.39, 0.29) is 0 Å². The molecule has 0 unspecified atom stereocenters. The first-order chi connectivity index (χ1) is 15.7.